The fraction of sp³-hybridized carbons (Fsp3) is 0.273. The molecule has 1 aromatic heterocycles. The average molecular weight is 241 g/mol. The highest BCUT2D eigenvalue weighted by molar-refractivity contribution is 5.26. The number of terminal acetylenes is 1. The second-order valence-electron chi connectivity index (χ2n) is 3.05. The summed E-state index contributed by atoms with van der Waals surface area (Å²) in [6, 6.07) is 0.823. The Hall–Kier alpha value is -2.03. The Bertz CT molecular complexity index is 432. The first-order valence-corrected chi connectivity index (χ1v) is 4.79. The Morgan fingerprint density at radius 1 is 1.47 bits per heavy atom. The van der Waals surface area contributed by atoms with Crippen molar-refractivity contribution in [2.75, 3.05) is 11.9 Å². The SMILES string of the molecule is C#C/C=C/CCNc1nccc(C(F)(F)F)n1. The summed E-state index contributed by atoms with van der Waals surface area (Å²) < 4.78 is 36.9. The van der Waals surface area contributed by atoms with Crippen LogP contribution in [0.4, 0.5) is 19.1 Å². The lowest BCUT2D eigenvalue weighted by atomic mass is 10.4. The summed E-state index contributed by atoms with van der Waals surface area (Å²) in [5, 5.41) is 2.67. The summed E-state index contributed by atoms with van der Waals surface area (Å²) in [5.74, 6) is 2.26. The molecule has 1 N–H and O–H groups in total. The van der Waals surface area contributed by atoms with Gasteiger partial charge in [0.1, 0.15) is 5.69 Å². The molecule has 1 heterocycles. The maximum Gasteiger partial charge on any atom is 0.433 e. The summed E-state index contributed by atoms with van der Waals surface area (Å²) in [6.07, 6.45) is 5.42. The molecular formula is C11H10F3N3. The molecule has 0 saturated carbocycles. The lowest BCUT2D eigenvalue weighted by Gasteiger charge is -2.07. The number of aromatic nitrogens is 2. The van der Waals surface area contributed by atoms with Gasteiger partial charge < -0.3 is 5.32 Å². The number of hydrogen-bond acceptors (Lipinski definition) is 3. The number of rotatable bonds is 4. The molecule has 0 atom stereocenters. The highest BCUT2D eigenvalue weighted by Crippen LogP contribution is 2.27. The molecule has 0 aliphatic heterocycles. The molecule has 0 saturated heterocycles. The van der Waals surface area contributed by atoms with E-state index in [2.05, 4.69) is 21.2 Å². The molecule has 0 spiro atoms. The van der Waals surface area contributed by atoms with Crippen molar-refractivity contribution in [3.05, 3.63) is 30.1 Å². The molecule has 17 heavy (non-hydrogen) atoms. The zero-order chi connectivity index (χ0) is 12.7. The predicted molar refractivity (Wildman–Crippen MR) is 58.1 cm³/mol. The second kappa shape index (κ2) is 5.89. The average Bonchev–Trinajstić information content (AvgIpc) is 2.28. The van der Waals surface area contributed by atoms with E-state index in [1.165, 1.54) is 6.08 Å². The molecule has 0 amide bonds. The van der Waals surface area contributed by atoms with Gasteiger partial charge >= 0.3 is 6.18 Å². The molecule has 0 unspecified atom stereocenters. The van der Waals surface area contributed by atoms with E-state index in [1.807, 2.05) is 0 Å². The molecular weight excluding hydrogens is 231 g/mol. The van der Waals surface area contributed by atoms with E-state index in [0.29, 0.717) is 13.0 Å². The van der Waals surface area contributed by atoms with Crippen LogP contribution >= 0.6 is 0 Å². The predicted octanol–water partition coefficient (Wildman–Crippen LogP) is 2.49. The van der Waals surface area contributed by atoms with Gasteiger partial charge in [-0.1, -0.05) is 12.0 Å². The van der Waals surface area contributed by atoms with Gasteiger partial charge in [0.05, 0.1) is 0 Å². The van der Waals surface area contributed by atoms with E-state index >= 15 is 0 Å². The van der Waals surface area contributed by atoms with Gasteiger partial charge in [0.25, 0.3) is 0 Å². The summed E-state index contributed by atoms with van der Waals surface area (Å²) in [4.78, 5) is 7.03. The first kappa shape index (κ1) is 13.0. The summed E-state index contributed by atoms with van der Waals surface area (Å²) in [6.45, 7) is 0.416. The van der Waals surface area contributed by atoms with Gasteiger partial charge in [0.2, 0.25) is 5.95 Å². The molecule has 1 aromatic rings. The van der Waals surface area contributed by atoms with Crippen molar-refractivity contribution >= 4 is 5.95 Å². The molecule has 1 rings (SSSR count). The Balaban J connectivity index is 2.55. The lowest BCUT2D eigenvalue weighted by Crippen LogP contribution is -2.11. The van der Waals surface area contributed by atoms with Gasteiger partial charge in [0.15, 0.2) is 0 Å². The Morgan fingerprint density at radius 3 is 2.88 bits per heavy atom. The van der Waals surface area contributed by atoms with Gasteiger partial charge in [-0.05, 0) is 18.6 Å². The van der Waals surface area contributed by atoms with Crippen LogP contribution in [0.5, 0.6) is 0 Å². The van der Waals surface area contributed by atoms with Crippen LogP contribution in [0.1, 0.15) is 12.1 Å². The number of alkyl halides is 3. The standard InChI is InChI=1S/C11H10F3N3/c1-2-3-4-5-7-15-10-16-8-6-9(17-10)11(12,13)14/h1,3-4,6,8H,5,7H2,(H,15,16,17)/b4-3+. The first-order valence-electron chi connectivity index (χ1n) is 4.79. The number of nitrogens with one attached hydrogen (secondary N) is 1. The monoisotopic (exact) mass is 241 g/mol. The molecule has 0 fully saturated rings. The van der Waals surface area contributed by atoms with Crippen molar-refractivity contribution in [2.45, 2.75) is 12.6 Å². The van der Waals surface area contributed by atoms with Gasteiger partial charge in [-0.15, -0.1) is 6.42 Å². The zero-order valence-corrected chi connectivity index (χ0v) is 8.83. The molecule has 0 aromatic carbocycles. The fourth-order valence-electron chi connectivity index (χ4n) is 1.02. The third-order valence-electron chi connectivity index (χ3n) is 1.75. The minimum Gasteiger partial charge on any atom is -0.354 e. The highest BCUT2D eigenvalue weighted by atomic mass is 19.4. The normalized spacial score (nSPS) is 11.4. The maximum atomic E-state index is 12.3. The van der Waals surface area contributed by atoms with Crippen molar-refractivity contribution in [1.29, 1.82) is 0 Å². The minimum atomic E-state index is -4.46. The molecule has 3 nitrogen and oxygen atoms in total. The van der Waals surface area contributed by atoms with Crippen molar-refractivity contribution < 1.29 is 13.2 Å². The Morgan fingerprint density at radius 2 is 2.24 bits per heavy atom. The van der Waals surface area contributed by atoms with E-state index < -0.39 is 11.9 Å². The molecule has 0 aliphatic carbocycles. The third kappa shape index (κ3) is 4.55. The molecule has 0 aliphatic rings. The van der Waals surface area contributed by atoms with Crippen LogP contribution < -0.4 is 5.32 Å². The number of anilines is 1. The van der Waals surface area contributed by atoms with Crippen molar-refractivity contribution in [1.82, 2.24) is 9.97 Å². The van der Waals surface area contributed by atoms with Crippen LogP contribution in [0.2, 0.25) is 0 Å². The number of halogens is 3. The molecule has 0 radical (unpaired) electrons. The van der Waals surface area contributed by atoms with Crippen LogP contribution in [-0.2, 0) is 6.18 Å². The first-order chi connectivity index (χ1) is 8.04. The van der Waals surface area contributed by atoms with Crippen LogP contribution in [0.25, 0.3) is 0 Å². The third-order valence-corrected chi connectivity index (χ3v) is 1.75. The van der Waals surface area contributed by atoms with Crippen LogP contribution in [-0.4, -0.2) is 16.5 Å². The Labute approximate surface area is 96.8 Å². The largest absolute Gasteiger partial charge is 0.433 e. The van der Waals surface area contributed by atoms with Gasteiger partial charge in [-0.3, -0.25) is 0 Å². The topological polar surface area (TPSA) is 37.8 Å². The number of nitrogens with zero attached hydrogens (tertiary/aromatic N) is 2. The second-order valence-corrected chi connectivity index (χ2v) is 3.05. The quantitative estimate of drug-likeness (QED) is 0.650. The minimum absolute atomic E-state index is 0.0473. The maximum absolute atomic E-state index is 12.3. The van der Waals surface area contributed by atoms with E-state index in [1.54, 1.807) is 6.08 Å². The summed E-state index contributed by atoms with van der Waals surface area (Å²) >= 11 is 0. The van der Waals surface area contributed by atoms with Crippen molar-refractivity contribution in [3.8, 4) is 12.3 Å². The van der Waals surface area contributed by atoms with Gasteiger partial charge in [-0.25, -0.2) is 9.97 Å². The van der Waals surface area contributed by atoms with Gasteiger partial charge in [-0.2, -0.15) is 13.2 Å². The van der Waals surface area contributed by atoms with E-state index in [4.69, 9.17) is 6.42 Å². The van der Waals surface area contributed by atoms with Crippen LogP contribution in [0.3, 0.4) is 0 Å². The fourth-order valence-corrected chi connectivity index (χ4v) is 1.02. The van der Waals surface area contributed by atoms with Crippen molar-refractivity contribution in [3.63, 3.8) is 0 Å². The van der Waals surface area contributed by atoms with E-state index in [9.17, 15) is 13.2 Å². The van der Waals surface area contributed by atoms with Crippen LogP contribution in [0.15, 0.2) is 24.4 Å². The zero-order valence-electron chi connectivity index (χ0n) is 8.83. The smallest absolute Gasteiger partial charge is 0.354 e. The van der Waals surface area contributed by atoms with Crippen molar-refractivity contribution in [2.24, 2.45) is 0 Å². The highest BCUT2D eigenvalue weighted by Gasteiger charge is 2.32. The number of hydrogen-bond donors (Lipinski definition) is 1. The lowest BCUT2D eigenvalue weighted by molar-refractivity contribution is -0.141. The molecule has 90 valence electrons. The summed E-state index contributed by atoms with van der Waals surface area (Å²) in [5.41, 5.74) is -0.964. The molecule has 6 heteroatoms. The summed E-state index contributed by atoms with van der Waals surface area (Å²) in [7, 11) is 0. The number of allylic oxidation sites excluding steroid dienone is 1. The molecule has 0 bridgehead atoms. The van der Waals surface area contributed by atoms with Gasteiger partial charge in [0, 0.05) is 12.7 Å². The Kier molecular flexibility index (Phi) is 4.52. The van der Waals surface area contributed by atoms with E-state index in [-0.39, 0.29) is 5.95 Å². The van der Waals surface area contributed by atoms with E-state index in [0.717, 1.165) is 12.3 Å². The van der Waals surface area contributed by atoms with Crippen LogP contribution in [0, 0.1) is 12.3 Å².